The van der Waals surface area contributed by atoms with Crippen molar-refractivity contribution in [3.05, 3.63) is 11.3 Å². The molecule has 0 N–H and O–H groups in total. The fraction of sp³-hybridized carbons (Fsp3) is 0.733. The second-order valence-electron chi connectivity index (χ2n) is 6.22. The molecule has 110 valence electrons. The van der Waals surface area contributed by atoms with Crippen molar-refractivity contribution in [2.45, 2.75) is 58.5 Å². The summed E-state index contributed by atoms with van der Waals surface area (Å²) < 4.78 is 5.46. The van der Waals surface area contributed by atoms with E-state index in [4.69, 9.17) is 4.74 Å². The van der Waals surface area contributed by atoms with Crippen molar-refractivity contribution < 1.29 is 14.3 Å². The highest BCUT2D eigenvalue weighted by Gasteiger charge is 2.52. The fourth-order valence-corrected chi connectivity index (χ4v) is 3.91. The van der Waals surface area contributed by atoms with Crippen LogP contribution in [0.5, 0.6) is 0 Å². The van der Waals surface area contributed by atoms with E-state index in [0.29, 0.717) is 12.3 Å². The maximum atomic E-state index is 12.2. The Morgan fingerprint density at radius 1 is 1.35 bits per heavy atom. The molecule has 20 heavy (non-hydrogen) atoms. The molecule has 5 heteroatoms. The zero-order valence-electron chi connectivity index (χ0n) is 12.4. The van der Waals surface area contributed by atoms with Crippen molar-refractivity contribution in [2.75, 3.05) is 6.54 Å². The van der Waals surface area contributed by atoms with Gasteiger partial charge in [0, 0.05) is 31.9 Å². The molecule has 0 radical (unpaired) electrons. The first kappa shape index (κ1) is 13.6. The first-order chi connectivity index (χ1) is 9.50. The van der Waals surface area contributed by atoms with Crippen molar-refractivity contribution in [3.8, 4) is 0 Å². The summed E-state index contributed by atoms with van der Waals surface area (Å²) in [5.41, 5.74) is 1.18. The van der Waals surface area contributed by atoms with Crippen LogP contribution in [0.15, 0.2) is 11.3 Å². The van der Waals surface area contributed by atoms with Crippen LogP contribution in [-0.4, -0.2) is 40.5 Å². The minimum absolute atomic E-state index is 0.112. The lowest BCUT2D eigenvalue weighted by atomic mass is 9.84. The Kier molecular flexibility index (Phi) is 3.32. The largest absolute Gasteiger partial charge is 0.431 e. The van der Waals surface area contributed by atoms with E-state index in [1.165, 1.54) is 12.5 Å². The quantitative estimate of drug-likeness (QED) is 0.723. The summed E-state index contributed by atoms with van der Waals surface area (Å²) in [5.74, 6) is 1.16. The molecular weight excluding hydrogens is 256 g/mol. The highest BCUT2D eigenvalue weighted by atomic mass is 16.5. The van der Waals surface area contributed by atoms with Crippen LogP contribution in [-0.2, 0) is 14.3 Å². The second kappa shape index (κ2) is 4.88. The summed E-state index contributed by atoms with van der Waals surface area (Å²) in [6, 6.07) is 0.307. The molecule has 0 aromatic carbocycles. The standard InChI is InChI=1S/C15H22N2O3/c1-9(2)15-14-11(17-13(19)7-8-16(15)17)5-4-6-12(14)20-10(3)18/h9,11,15H,4-8H2,1-3H3/t11-,15-/m0/s1. The van der Waals surface area contributed by atoms with Crippen molar-refractivity contribution in [1.29, 1.82) is 0 Å². The maximum absolute atomic E-state index is 12.2. The highest BCUT2D eigenvalue weighted by Crippen LogP contribution is 2.44. The molecule has 1 amide bonds. The fourth-order valence-electron chi connectivity index (χ4n) is 3.91. The Hall–Kier alpha value is -1.36. The third-order valence-electron chi connectivity index (χ3n) is 4.48. The maximum Gasteiger partial charge on any atom is 0.307 e. The molecule has 1 aliphatic carbocycles. The number of carbonyl (C=O) groups excluding carboxylic acids is 2. The van der Waals surface area contributed by atoms with Crippen molar-refractivity contribution >= 4 is 11.9 Å². The van der Waals surface area contributed by atoms with E-state index in [-0.39, 0.29) is 24.0 Å². The normalized spacial score (nSPS) is 30.0. The molecular formula is C15H22N2O3. The van der Waals surface area contributed by atoms with Gasteiger partial charge in [-0.1, -0.05) is 13.8 Å². The Morgan fingerprint density at radius 2 is 2.10 bits per heavy atom. The van der Waals surface area contributed by atoms with Crippen LogP contribution in [0, 0.1) is 5.92 Å². The van der Waals surface area contributed by atoms with Gasteiger partial charge in [0.1, 0.15) is 5.76 Å². The molecule has 0 aromatic heterocycles. The summed E-state index contributed by atoms with van der Waals surface area (Å²) >= 11 is 0. The molecule has 0 bridgehead atoms. The minimum Gasteiger partial charge on any atom is -0.431 e. The first-order valence-corrected chi connectivity index (χ1v) is 7.50. The average molecular weight is 278 g/mol. The molecule has 0 spiro atoms. The summed E-state index contributed by atoms with van der Waals surface area (Å²) in [7, 11) is 0. The number of esters is 1. The van der Waals surface area contributed by atoms with Crippen molar-refractivity contribution in [2.24, 2.45) is 5.92 Å². The van der Waals surface area contributed by atoms with Crippen LogP contribution in [0.25, 0.3) is 0 Å². The lowest BCUT2D eigenvalue weighted by molar-refractivity contribution is -0.139. The van der Waals surface area contributed by atoms with Gasteiger partial charge in [-0.3, -0.25) is 14.6 Å². The molecule has 3 aliphatic rings. The Morgan fingerprint density at radius 3 is 2.75 bits per heavy atom. The number of amides is 1. The number of allylic oxidation sites excluding steroid dienone is 1. The molecule has 0 unspecified atom stereocenters. The summed E-state index contributed by atoms with van der Waals surface area (Å²) in [6.07, 6.45) is 3.37. The van der Waals surface area contributed by atoms with Gasteiger partial charge in [0.05, 0.1) is 12.1 Å². The van der Waals surface area contributed by atoms with Gasteiger partial charge in [0.15, 0.2) is 0 Å². The van der Waals surface area contributed by atoms with Crippen LogP contribution >= 0.6 is 0 Å². The van der Waals surface area contributed by atoms with Crippen LogP contribution in [0.4, 0.5) is 0 Å². The van der Waals surface area contributed by atoms with Crippen LogP contribution in [0.1, 0.15) is 46.5 Å². The number of nitrogens with zero attached hydrogens (tertiary/aromatic N) is 2. The zero-order valence-corrected chi connectivity index (χ0v) is 12.4. The van der Waals surface area contributed by atoms with Gasteiger partial charge < -0.3 is 4.74 Å². The predicted molar refractivity (Wildman–Crippen MR) is 73.2 cm³/mol. The van der Waals surface area contributed by atoms with Gasteiger partial charge in [-0.2, -0.15) is 0 Å². The molecule has 0 aromatic rings. The number of hydrogen-bond acceptors (Lipinski definition) is 4. The Bertz CT molecular complexity index is 484. The highest BCUT2D eigenvalue weighted by molar-refractivity contribution is 5.79. The third kappa shape index (κ3) is 1.95. The van der Waals surface area contributed by atoms with E-state index in [1.54, 1.807) is 0 Å². The second-order valence-corrected chi connectivity index (χ2v) is 6.22. The number of fused-ring (bicyclic) bond motifs is 3. The molecule has 2 fully saturated rings. The topological polar surface area (TPSA) is 49.9 Å². The third-order valence-corrected chi connectivity index (χ3v) is 4.48. The minimum atomic E-state index is -0.260. The number of rotatable bonds is 2. The zero-order chi connectivity index (χ0) is 14.4. The molecule has 2 heterocycles. The van der Waals surface area contributed by atoms with Crippen molar-refractivity contribution in [3.63, 3.8) is 0 Å². The first-order valence-electron chi connectivity index (χ1n) is 7.50. The summed E-state index contributed by atoms with van der Waals surface area (Å²) in [4.78, 5) is 23.5. The summed E-state index contributed by atoms with van der Waals surface area (Å²) in [6.45, 7) is 6.57. The number of carbonyl (C=O) groups is 2. The number of hydrogen-bond donors (Lipinski definition) is 0. The predicted octanol–water partition coefficient (Wildman–Crippen LogP) is 1.84. The van der Waals surface area contributed by atoms with Gasteiger partial charge in [0.2, 0.25) is 5.91 Å². The van der Waals surface area contributed by atoms with Gasteiger partial charge >= 0.3 is 5.97 Å². The van der Waals surface area contributed by atoms with Gasteiger partial charge in [-0.05, 0) is 18.8 Å². The lowest BCUT2D eigenvalue weighted by Crippen LogP contribution is -2.41. The Balaban J connectivity index is 2.05. The Labute approximate surface area is 119 Å². The molecule has 2 saturated heterocycles. The molecule has 3 rings (SSSR count). The molecule has 2 atom stereocenters. The van der Waals surface area contributed by atoms with E-state index in [2.05, 4.69) is 18.9 Å². The van der Waals surface area contributed by atoms with E-state index in [1.807, 2.05) is 5.01 Å². The molecule has 2 aliphatic heterocycles. The van der Waals surface area contributed by atoms with E-state index in [0.717, 1.165) is 31.6 Å². The monoisotopic (exact) mass is 278 g/mol. The lowest BCUT2D eigenvalue weighted by Gasteiger charge is -2.28. The SMILES string of the molecule is CC(=O)OC1=C2[C@H](C(C)C)N3CCC(=O)N3[C@H]2CCC1. The average Bonchev–Trinajstić information content (AvgIpc) is 2.88. The van der Waals surface area contributed by atoms with Gasteiger partial charge in [-0.25, -0.2) is 5.01 Å². The number of hydrazine groups is 1. The van der Waals surface area contributed by atoms with E-state index < -0.39 is 0 Å². The van der Waals surface area contributed by atoms with Crippen molar-refractivity contribution in [1.82, 2.24) is 10.0 Å². The van der Waals surface area contributed by atoms with Crippen LogP contribution in [0.2, 0.25) is 0 Å². The van der Waals surface area contributed by atoms with Gasteiger partial charge in [-0.15, -0.1) is 0 Å². The number of ether oxygens (including phenoxy) is 1. The summed E-state index contributed by atoms with van der Waals surface area (Å²) in [5, 5.41) is 4.13. The van der Waals surface area contributed by atoms with Gasteiger partial charge in [0.25, 0.3) is 0 Å². The van der Waals surface area contributed by atoms with Crippen LogP contribution in [0.3, 0.4) is 0 Å². The van der Waals surface area contributed by atoms with E-state index in [9.17, 15) is 9.59 Å². The molecule has 0 saturated carbocycles. The smallest absolute Gasteiger partial charge is 0.307 e. The van der Waals surface area contributed by atoms with E-state index >= 15 is 0 Å². The molecule has 5 nitrogen and oxygen atoms in total. The van der Waals surface area contributed by atoms with Crippen LogP contribution < -0.4 is 0 Å².